The molecule has 1 aliphatic carbocycles. The van der Waals surface area contributed by atoms with Gasteiger partial charge >= 0.3 is 12.1 Å². The maximum atomic E-state index is 10.6. The van der Waals surface area contributed by atoms with Crippen molar-refractivity contribution in [3.63, 3.8) is 0 Å². The monoisotopic (exact) mass is 434 g/mol. The van der Waals surface area contributed by atoms with Crippen LogP contribution in [0.15, 0.2) is 24.3 Å². The van der Waals surface area contributed by atoms with Gasteiger partial charge in [-0.05, 0) is 62.4 Å². The molecular weight excluding hydrogens is 405 g/mol. The van der Waals surface area contributed by atoms with Gasteiger partial charge in [0.15, 0.2) is 0 Å². The first-order valence-electron chi connectivity index (χ1n) is 10.2. The summed E-state index contributed by atoms with van der Waals surface area (Å²) in [6.45, 7) is 4.86. The number of hydrogen-bond donors (Lipinski definition) is 2. The summed E-state index contributed by atoms with van der Waals surface area (Å²) < 4.78 is 31.7. The molecule has 29 heavy (non-hydrogen) atoms. The van der Waals surface area contributed by atoms with E-state index in [1.165, 1.54) is 70.1 Å². The molecule has 2 fully saturated rings. The van der Waals surface area contributed by atoms with E-state index in [0.29, 0.717) is 6.04 Å². The van der Waals surface area contributed by atoms with E-state index >= 15 is 0 Å². The first-order valence-corrected chi connectivity index (χ1v) is 10.6. The molecule has 3 rings (SSSR count). The molecule has 1 aromatic rings. The van der Waals surface area contributed by atoms with E-state index in [-0.39, 0.29) is 0 Å². The maximum Gasteiger partial charge on any atom is 0.490 e. The number of likely N-dealkylation sites (tertiary alicyclic amines) is 1. The summed E-state index contributed by atoms with van der Waals surface area (Å²) in [6.07, 6.45) is 4.82. The predicted octanol–water partition coefficient (Wildman–Crippen LogP) is 5.11. The second-order valence-corrected chi connectivity index (χ2v) is 8.33. The number of nitrogens with zero attached hydrogens (tertiary/aromatic N) is 1. The van der Waals surface area contributed by atoms with Gasteiger partial charge in [-0.2, -0.15) is 13.2 Å². The summed E-state index contributed by atoms with van der Waals surface area (Å²) >= 11 is 5.93. The van der Waals surface area contributed by atoms with Gasteiger partial charge in [0, 0.05) is 24.2 Å². The van der Waals surface area contributed by atoms with Gasteiger partial charge in [0.2, 0.25) is 0 Å². The second kappa shape index (κ2) is 11.8. The lowest BCUT2D eigenvalue weighted by Crippen LogP contribution is -2.44. The molecule has 1 heterocycles. The van der Waals surface area contributed by atoms with Crippen molar-refractivity contribution in [2.45, 2.75) is 63.7 Å². The number of alkyl halides is 3. The van der Waals surface area contributed by atoms with Gasteiger partial charge in [-0.3, -0.25) is 0 Å². The van der Waals surface area contributed by atoms with E-state index in [4.69, 9.17) is 21.5 Å². The molecule has 164 valence electrons. The molecule has 1 saturated carbocycles. The van der Waals surface area contributed by atoms with Crippen molar-refractivity contribution in [2.24, 2.45) is 5.92 Å². The molecule has 1 aromatic carbocycles. The van der Waals surface area contributed by atoms with Crippen LogP contribution in [0.25, 0.3) is 0 Å². The Morgan fingerprint density at radius 1 is 1.07 bits per heavy atom. The number of hydrogen-bond acceptors (Lipinski definition) is 3. The summed E-state index contributed by atoms with van der Waals surface area (Å²) in [6, 6.07) is 8.87. The van der Waals surface area contributed by atoms with Crippen molar-refractivity contribution in [2.75, 3.05) is 19.6 Å². The highest BCUT2D eigenvalue weighted by atomic mass is 35.5. The van der Waals surface area contributed by atoms with Crippen LogP contribution in [0.1, 0.15) is 50.5 Å². The average Bonchev–Trinajstić information content (AvgIpc) is 2.69. The molecule has 8 heteroatoms. The molecule has 0 unspecified atom stereocenters. The van der Waals surface area contributed by atoms with Crippen molar-refractivity contribution in [3.8, 4) is 0 Å². The number of nitrogens with one attached hydrogen (secondary N) is 1. The highest BCUT2D eigenvalue weighted by molar-refractivity contribution is 6.30. The number of benzene rings is 1. The zero-order chi connectivity index (χ0) is 21.3. The first kappa shape index (κ1) is 24.0. The van der Waals surface area contributed by atoms with Crippen molar-refractivity contribution >= 4 is 17.6 Å². The third-order valence-corrected chi connectivity index (χ3v) is 5.83. The van der Waals surface area contributed by atoms with E-state index < -0.39 is 12.1 Å². The molecule has 0 radical (unpaired) electrons. The van der Waals surface area contributed by atoms with Crippen LogP contribution in [0.2, 0.25) is 5.02 Å². The quantitative estimate of drug-likeness (QED) is 0.676. The number of carboxylic acid groups (broad SMARTS) is 1. The largest absolute Gasteiger partial charge is 0.490 e. The van der Waals surface area contributed by atoms with Gasteiger partial charge < -0.3 is 15.3 Å². The Hall–Kier alpha value is -1.31. The molecule has 0 aromatic heterocycles. The topological polar surface area (TPSA) is 52.6 Å². The molecule has 2 N–H and O–H groups in total. The molecule has 1 aliphatic heterocycles. The van der Waals surface area contributed by atoms with Gasteiger partial charge in [0.05, 0.1) is 0 Å². The Morgan fingerprint density at radius 2 is 1.62 bits per heavy atom. The summed E-state index contributed by atoms with van der Waals surface area (Å²) in [5, 5.41) is 11.7. The fourth-order valence-electron chi connectivity index (χ4n) is 3.92. The number of piperidine rings is 1. The third kappa shape index (κ3) is 9.36. The van der Waals surface area contributed by atoms with E-state index in [0.717, 1.165) is 17.5 Å². The Labute approximate surface area is 175 Å². The molecular formula is C21H30ClF3N2O2. The highest BCUT2D eigenvalue weighted by Gasteiger charge is 2.38. The van der Waals surface area contributed by atoms with Crippen LogP contribution in [0.5, 0.6) is 0 Å². The van der Waals surface area contributed by atoms with E-state index in [1.54, 1.807) is 0 Å². The van der Waals surface area contributed by atoms with Crippen LogP contribution < -0.4 is 5.32 Å². The fourth-order valence-corrected chi connectivity index (χ4v) is 4.04. The number of rotatable bonds is 5. The molecule has 0 spiro atoms. The van der Waals surface area contributed by atoms with Gasteiger partial charge in [-0.25, -0.2) is 4.79 Å². The second-order valence-electron chi connectivity index (χ2n) is 7.89. The van der Waals surface area contributed by atoms with E-state index in [1.807, 2.05) is 12.1 Å². The number of carboxylic acids is 1. The molecule has 4 nitrogen and oxygen atoms in total. The van der Waals surface area contributed by atoms with Gasteiger partial charge in [0.25, 0.3) is 0 Å². The lowest BCUT2D eigenvalue weighted by Gasteiger charge is -2.35. The normalized spacial score (nSPS) is 19.4. The maximum absolute atomic E-state index is 10.6. The van der Waals surface area contributed by atoms with Crippen LogP contribution in [0.4, 0.5) is 13.2 Å². The summed E-state index contributed by atoms with van der Waals surface area (Å²) in [4.78, 5) is 11.6. The minimum absolute atomic E-state index is 0.679. The minimum atomic E-state index is -5.08. The zero-order valence-corrected chi connectivity index (χ0v) is 17.3. The van der Waals surface area contributed by atoms with E-state index in [2.05, 4.69) is 22.3 Å². The van der Waals surface area contributed by atoms with Crippen LogP contribution in [0, 0.1) is 5.92 Å². The van der Waals surface area contributed by atoms with Crippen molar-refractivity contribution in [1.29, 1.82) is 0 Å². The molecule has 0 bridgehead atoms. The van der Waals surface area contributed by atoms with Crippen LogP contribution in [0.3, 0.4) is 0 Å². The van der Waals surface area contributed by atoms with Crippen LogP contribution in [-0.4, -0.2) is 47.8 Å². The summed E-state index contributed by atoms with van der Waals surface area (Å²) in [7, 11) is 0. The molecule has 1 saturated heterocycles. The lowest BCUT2D eigenvalue weighted by atomic mass is 9.88. The van der Waals surface area contributed by atoms with Gasteiger partial charge in [-0.15, -0.1) is 0 Å². The standard InChI is InChI=1S/C19H29ClN2.C2HF3O2/c20-18-8-6-16(7-9-18)14-21-19-10-12-22(13-11-19)15-17-4-2-1-3-5-17;3-2(4,5)1(6)7/h6-9,17,19,21H,1-5,10-15H2;(H,6,7). The van der Waals surface area contributed by atoms with Crippen molar-refractivity contribution < 1.29 is 23.1 Å². The van der Waals surface area contributed by atoms with Crippen molar-refractivity contribution in [3.05, 3.63) is 34.9 Å². The Balaban J connectivity index is 0.000000370. The van der Waals surface area contributed by atoms with E-state index in [9.17, 15) is 13.2 Å². The minimum Gasteiger partial charge on any atom is -0.475 e. The predicted molar refractivity (Wildman–Crippen MR) is 108 cm³/mol. The smallest absolute Gasteiger partial charge is 0.475 e. The lowest BCUT2D eigenvalue weighted by molar-refractivity contribution is -0.192. The Morgan fingerprint density at radius 3 is 2.14 bits per heavy atom. The SMILES string of the molecule is Clc1ccc(CNC2CCN(CC3CCCCC3)CC2)cc1.O=C(O)C(F)(F)F. The Bertz CT molecular complexity index is 611. The van der Waals surface area contributed by atoms with Crippen LogP contribution >= 0.6 is 11.6 Å². The first-order chi connectivity index (χ1) is 13.7. The average molecular weight is 435 g/mol. The molecule has 2 aliphatic rings. The Kier molecular flexibility index (Phi) is 9.72. The number of carbonyl (C=O) groups is 1. The van der Waals surface area contributed by atoms with Gasteiger partial charge in [0.1, 0.15) is 0 Å². The molecule has 0 amide bonds. The highest BCUT2D eigenvalue weighted by Crippen LogP contribution is 2.25. The molecule has 0 atom stereocenters. The van der Waals surface area contributed by atoms with Crippen LogP contribution in [-0.2, 0) is 11.3 Å². The third-order valence-electron chi connectivity index (χ3n) is 5.58. The number of aliphatic carboxylic acids is 1. The van der Waals surface area contributed by atoms with Crippen molar-refractivity contribution in [1.82, 2.24) is 10.2 Å². The summed E-state index contributed by atoms with van der Waals surface area (Å²) in [5.74, 6) is -1.78. The fraction of sp³-hybridized carbons (Fsp3) is 0.667. The summed E-state index contributed by atoms with van der Waals surface area (Å²) in [5.41, 5.74) is 1.33. The zero-order valence-electron chi connectivity index (χ0n) is 16.6. The number of halogens is 4. The van der Waals surface area contributed by atoms with Gasteiger partial charge in [-0.1, -0.05) is 43.0 Å².